The fraction of sp³-hybridized carbons (Fsp3) is 0.533. The first kappa shape index (κ1) is 17.2. The molecule has 1 heterocycles. The molecule has 1 aliphatic rings. The summed E-state index contributed by atoms with van der Waals surface area (Å²) in [6.45, 7) is 4.00. The van der Waals surface area contributed by atoms with Gasteiger partial charge in [-0.2, -0.15) is 0 Å². The number of hydrogen-bond acceptors (Lipinski definition) is 2. The Hall–Kier alpha value is -0.820. The fourth-order valence-corrected chi connectivity index (χ4v) is 2.58. The maximum absolute atomic E-state index is 5.41. The van der Waals surface area contributed by atoms with Gasteiger partial charge >= 0.3 is 0 Å². The molecule has 1 aromatic rings. The summed E-state index contributed by atoms with van der Waals surface area (Å²) in [4.78, 5) is 6.66. The van der Waals surface area contributed by atoms with Crippen LogP contribution in [0.5, 0.6) is 0 Å². The van der Waals surface area contributed by atoms with Gasteiger partial charge < -0.3 is 11.5 Å². The number of likely N-dealkylation sites (tertiary alicyclic amines) is 1. The molecular formula is C15H25IN4. The van der Waals surface area contributed by atoms with Gasteiger partial charge in [0.15, 0.2) is 5.96 Å². The van der Waals surface area contributed by atoms with Crippen LogP contribution < -0.4 is 11.5 Å². The second-order valence-electron chi connectivity index (χ2n) is 5.20. The SMILES string of the molecule is I.NC(N)=NCc1ccccc1CN1CCCCCC1. The van der Waals surface area contributed by atoms with Crippen LogP contribution >= 0.6 is 24.0 Å². The minimum atomic E-state index is 0. The Bertz CT molecular complexity index is 422. The van der Waals surface area contributed by atoms with Crippen LogP contribution in [0.1, 0.15) is 36.8 Å². The zero-order valence-corrected chi connectivity index (χ0v) is 14.3. The molecule has 20 heavy (non-hydrogen) atoms. The Morgan fingerprint density at radius 1 is 1.00 bits per heavy atom. The largest absolute Gasteiger partial charge is 0.370 e. The number of rotatable bonds is 4. The Morgan fingerprint density at radius 2 is 1.60 bits per heavy atom. The van der Waals surface area contributed by atoms with Gasteiger partial charge in [-0.3, -0.25) is 4.90 Å². The highest BCUT2D eigenvalue weighted by atomic mass is 127. The maximum Gasteiger partial charge on any atom is 0.186 e. The topological polar surface area (TPSA) is 67.6 Å². The Balaban J connectivity index is 0.00000200. The summed E-state index contributed by atoms with van der Waals surface area (Å²) in [6.07, 6.45) is 5.37. The summed E-state index contributed by atoms with van der Waals surface area (Å²) in [5.41, 5.74) is 13.4. The van der Waals surface area contributed by atoms with Gasteiger partial charge in [0, 0.05) is 6.54 Å². The van der Waals surface area contributed by atoms with Gasteiger partial charge in [-0.05, 0) is 37.1 Å². The van der Waals surface area contributed by atoms with Gasteiger partial charge in [-0.25, -0.2) is 4.99 Å². The summed E-state index contributed by atoms with van der Waals surface area (Å²) in [5.74, 6) is 0.157. The highest BCUT2D eigenvalue weighted by Crippen LogP contribution is 2.16. The van der Waals surface area contributed by atoms with Crippen molar-refractivity contribution in [1.29, 1.82) is 0 Å². The zero-order chi connectivity index (χ0) is 13.5. The lowest BCUT2D eigenvalue weighted by atomic mass is 10.1. The zero-order valence-electron chi connectivity index (χ0n) is 11.9. The number of hydrogen-bond donors (Lipinski definition) is 2. The minimum absolute atomic E-state index is 0. The molecule has 2 rings (SSSR count). The highest BCUT2D eigenvalue weighted by molar-refractivity contribution is 14.0. The van der Waals surface area contributed by atoms with Crippen LogP contribution in [0, 0.1) is 0 Å². The number of benzene rings is 1. The molecule has 1 saturated heterocycles. The second-order valence-corrected chi connectivity index (χ2v) is 5.20. The van der Waals surface area contributed by atoms with Crippen LogP contribution in [0.25, 0.3) is 0 Å². The average Bonchev–Trinajstić information content (AvgIpc) is 2.66. The quantitative estimate of drug-likeness (QED) is 0.473. The number of aliphatic imine (C=N–C) groups is 1. The van der Waals surface area contributed by atoms with E-state index in [0.717, 1.165) is 6.54 Å². The fourth-order valence-electron chi connectivity index (χ4n) is 2.58. The van der Waals surface area contributed by atoms with Crippen molar-refractivity contribution in [3.05, 3.63) is 35.4 Å². The highest BCUT2D eigenvalue weighted by Gasteiger charge is 2.11. The molecule has 0 aromatic heterocycles. The van der Waals surface area contributed by atoms with E-state index in [4.69, 9.17) is 11.5 Å². The Labute approximate surface area is 138 Å². The van der Waals surface area contributed by atoms with E-state index in [2.05, 4.69) is 28.1 Å². The van der Waals surface area contributed by atoms with Crippen molar-refractivity contribution >= 4 is 29.9 Å². The predicted molar refractivity (Wildman–Crippen MR) is 95.1 cm³/mol. The van der Waals surface area contributed by atoms with Crippen LogP contribution in [0.15, 0.2) is 29.3 Å². The van der Waals surface area contributed by atoms with Crippen molar-refractivity contribution in [2.24, 2.45) is 16.5 Å². The van der Waals surface area contributed by atoms with E-state index in [1.54, 1.807) is 0 Å². The normalized spacial score (nSPS) is 16.0. The molecule has 0 unspecified atom stereocenters. The smallest absolute Gasteiger partial charge is 0.186 e. The number of halogens is 1. The molecule has 0 atom stereocenters. The minimum Gasteiger partial charge on any atom is -0.370 e. The van der Waals surface area contributed by atoms with E-state index in [0.29, 0.717) is 6.54 Å². The molecule has 112 valence electrons. The monoisotopic (exact) mass is 388 g/mol. The molecule has 0 bridgehead atoms. The third kappa shape index (κ3) is 5.66. The molecule has 4 N–H and O–H groups in total. The molecule has 0 spiro atoms. The van der Waals surface area contributed by atoms with Gasteiger partial charge in [-0.1, -0.05) is 37.1 Å². The van der Waals surface area contributed by atoms with Gasteiger partial charge in [0.25, 0.3) is 0 Å². The van der Waals surface area contributed by atoms with Crippen molar-refractivity contribution < 1.29 is 0 Å². The summed E-state index contributed by atoms with van der Waals surface area (Å²) >= 11 is 0. The molecule has 0 radical (unpaired) electrons. The lowest BCUT2D eigenvalue weighted by Crippen LogP contribution is -2.25. The molecule has 1 aromatic carbocycles. The molecule has 0 amide bonds. The van der Waals surface area contributed by atoms with Crippen LogP contribution in [-0.4, -0.2) is 23.9 Å². The van der Waals surface area contributed by atoms with E-state index in [1.807, 2.05) is 6.07 Å². The van der Waals surface area contributed by atoms with Crippen LogP contribution in [-0.2, 0) is 13.1 Å². The molecule has 4 nitrogen and oxygen atoms in total. The molecule has 0 saturated carbocycles. The van der Waals surface area contributed by atoms with Crippen LogP contribution in [0.4, 0.5) is 0 Å². The van der Waals surface area contributed by atoms with Gasteiger partial charge in [0.2, 0.25) is 0 Å². The van der Waals surface area contributed by atoms with Crippen LogP contribution in [0.2, 0.25) is 0 Å². The van der Waals surface area contributed by atoms with Gasteiger partial charge in [0.1, 0.15) is 0 Å². The Morgan fingerprint density at radius 3 is 2.20 bits per heavy atom. The first-order valence-corrected chi connectivity index (χ1v) is 7.10. The first-order valence-electron chi connectivity index (χ1n) is 7.10. The summed E-state index contributed by atoms with van der Waals surface area (Å²) in [5, 5.41) is 0. The molecule has 1 fully saturated rings. The molecule has 1 aliphatic heterocycles. The summed E-state index contributed by atoms with van der Waals surface area (Å²) < 4.78 is 0. The third-order valence-electron chi connectivity index (χ3n) is 3.64. The number of nitrogens with two attached hydrogens (primary N) is 2. The van der Waals surface area contributed by atoms with E-state index < -0.39 is 0 Å². The van der Waals surface area contributed by atoms with E-state index >= 15 is 0 Å². The summed E-state index contributed by atoms with van der Waals surface area (Å²) in [6, 6.07) is 8.43. The average molecular weight is 388 g/mol. The lowest BCUT2D eigenvalue weighted by molar-refractivity contribution is 0.276. The van der Waals surface area contributed by atoms with E-state index in [9.17, 15) is 0 Å². The maximum atomic E-state index is 5.41. The molecule has 5 heteroatoms. The van der Waals surface area contributed by atoms with Crippen molar-refractivity contribution in [3.63, 3.8) is 0 Å². The van der Waals surface area contributed by atoms with Crippen LogP contribution in [0.3, 0.4) is 0 Å². The number of nitrogens with zero attached hydrogens (tertiary/aromatic N) is 2. The Kier molecular flexibility index (Phi) is 7.91. The van der Waals surface area contributed by atoms with Gasteiger partial charge in [0.05, 0.1) is 6.54 Å². The lowest BCUT2D eigenvalue weighted by Gasteiger charge is -2.21. The van der Waals surface area contributed by atoms with E-state index in [1.165, 1.54) is 49.9 Å². The van der Waals surface area contributed by atoms with Crippen molar-refractivity contribution in [1.82, 2.24) is 4.90 Å². The van der Waals surface area contributed by atoms with Crippen molar-refractivity contribution in [2.75, 3.05) is 13.1 Å². The first-order chi connectivity index (χ1) is 9.25. The predicted octanol–water partition coefficient (Wildman–Crippen LogP) is 2.45. The van der Waals surface area contributed by atoms with E-state index in [-0.39, 0.29) is 29.9 Å². The summed E-state index contributed by atoms with van der Waals surface area (Å²) in [7, 11) is 0. The molecular weight excluding hydrogens is 363 g/mol. The second kappa shape index (κ2) is 9.18. The number of guanidine groups is 1. The van der Waals surface area contributed by atoms with Gasteiger partial charge in [-0.15, -0.1) is 24.0 Å². The van der Waals surface area contributed by atoms with Crippen molar-refractivity contribution in [2.45, 2.75) is 38.8 Å². The van der Waals surface area contributed by atoms with Crippen molar-refractivity contribution in [3.8, 4) is 0 Å². The third-order valence-corrected chi connectivity index (χ3v) is 3.64. The molecule has 0 aliphatic carbocycles. The standard InChI is InChI=1S/C15H24N4.HI/c16-15(17)18-11-13-7-3-4-8-14(13)12-19-9-5-1-2-6-10-19;/h3-4,7-8H,1-2,5-6,9-12H2,(H4,16,17,18);1H.